The fourth-order valence-electron chi connectivity index (χ4n) is 2.35. The molecule has 1 aromatic rings. The highest BCUT2D eigenvalue weighted by atomic mass is 127. The molecule has 21 heavy (non-hydrogen) atoms. The van der Waals surface area contributed by atoms with Crippen LogP contribution in [-0.4, -0.2) is 18.8 Å². The molecule has 0 radical (unpaired) electrons. The van der Waals surface area contributed by atoms with Crippen LogP contribution in [0.15, 0.2) is 36.4 Å². The highest BCUT2D eigenvalue weighted by Gasteiger charge is 2.44. The first-order valence-electron chi connectivity index (χ1n) is 6.70. The van der Waals surface area contributed by atoms with Crippen LogP contribution >= 0.6 is 45.2 Å². The second kappa shape index (κ2) is 5.99. The Labute approximate surface area is 154 Å². The first-order valence-corrected chi connectivity index (χ1v) is 10.3. The van der Waals surface area contributed by atoms with Crippen LogP contribution in [0.3, 0.4) is 0 Å². The van der Waals surface area contributed by atoms with E-state index in [-0.39, 0.29) is 11.5 Å². The van der Waals surface area contributed by atoms with Gasteiger partial charge in [0.2, 0.25) is 0 Å². The summed E-state index contributed by atoms with van der Waals surface area (Å²) in [6.45, 7) is 8.23. The van der Waals surface area contributed by atoms with Crippen molar-refractivity contribution in [2.45, 2.75) is 45.1 Å². The van der Waals surface area contributed by atoms with E-state index in [1.807, 2.05) is 19.1 Å². The van der Waals surface area contributed by atoms with E-state index in [0.29, 0.717) is 4.90 Å². The van der Waals surface area contributed by atoms with Crippen molar-refractivity contribution in [2.75, 3.05) is 0 Å². The Bertz CT molecular complexity index is 673. The zero-order valence-corrected chi connectivity index (χ0v) is 17.7. The zero-order chi connectivity index (χ0) is 16.0. The van der Waals surface area contributed by atoms with Gasteiger partial charge in [0, 0.05) is 10.0 Å². The van der Waals surface area contributed by atoms with Gasteiger partial charge in [-0.15, -0.1) is 0 Å². The molecule has 0 fully saturated rings. The van der Waals surface area contributed by atoms with E-state index >= 15 is 0 Å². The third-order valence-corrected chi connectivity index (χ3v) is 8.95. The van der Waals surface area contributed by atoms with Crippen molar-refractivity contribution in [1.82, 2.24) is 4.31 Å². The molecule has 0 aliphatic carbocycles. The maximum absolute atomic E-state index is 13.0. The van der Waals surface area contributed by atoms with Crippen LogP contribution in [0, 0.1) is 12.3 Å². The van der Waals surface area contributed by atoms with Crippen LogP contribution in [-0.2, 0) is 10.0 Å². The van der Waals surface area contributed by atoms with Crippen molar-refractivity contribution in [1.29, 1.82) is 0 Å². The second-order valence-corrected chi connectivity index (χ2v) is 10.5. The minimum atomic E-state index is -3.51. The van der Waals surface area contributed by atoms with Crippen molar-refractivity contribution in [3.63, 3.8) is 0 Å². The molecule has 6 heteroatoms. The van der Waals surface area contributed by atoms with E-state index < -0.39 is 10.0 Å². The summed E-state index contributed by atoms with van der Waals surface area (Å²) in [5.41, 5.74) is 0.948. The summed E-state index contributed by atoms with van der Waals surface area (Å²) in [7, 11) is -3.51. The molecule has 1 aliphatic heterocycles. The van der Waals surface area contributed by atoms with Crippen molar-refractivity contribution >= 4 is 55.2 Å². The Morgan fingerprint density at radius 1 is 1.14 bits per heavy atom. The number of aryl methyl sites for hydroxylation is 1. The first-order chi connectivity index (χ1) is 9.55. The van der Waals surface area contributed by atoms with E-state index in [1.54, 1.807) is 16.4 Å². The summed E-state index contributed by atoms with van der Waals surface area (Å²) in [5, 5.41) is 0. The molecule has 1 aliphatic rings. The molecule has 0 spiro atoms. The van der Waals surface area contributed by atoms with Crippen molar-refractivity contribution in [2.24, 2.45) is 5.41 Å². The molecule has 0 saturated carbocycles. The minimum absolute atomic E-state index is 0.0393. The lowest BCUT2D eigenvalue weighted by atomic mass is 9.86. The van der Waals surface area contributed by atoms with E-state index in [2.05, 4.69) is 66.0 Å². The standard InChI is InChI=1S/C15H19I2NO2S/c1-10-5-7-11(8-6-10)21(19,20)18-13(15(2,3)4)9-12(16)14(18)17/h5-8,13H,9H2,1-4H3. The van der Waals surface area contributed by atoms with Gasteiger partial charge in [0.15, 0.2) is 0 Å². The largest absolute Gasteiger partial charge is 0.264 e. The number of nitrogens with zero attached hydrogens (tertiary/aromatic N) is 1. The molecular formula is C15H19I2NO2S. The number of sulfonamides is 1. The summed E-state index contributed by atoms with van der Waals surface area (Å²) in [6, 6.07) is 7.04. The number of benzene rings is 1. The monoisotopic (exact) mass is 531 g/mol. The second-order valence-electron chi connectivity index (χ2n) is 6.40. The van der Waals surface area contributed by atoms with Gasteiger partial charge in [-0.1, -0.05) is 38.5 Å². The predicted molar refractivity (Wildman–Crippen MR) is 103 cm³/mol. The topological polar surface area (TPSA) is 37.4 Å². The molecule has 0 bridgehead atoms. The molecule has 0 aromatic heterocycles. The molecule has 0 N–H and O–H groups in total. The Morgan fingerprint density at radius 3 is 2.14 bits per heavy atom. The summed E-state index contributed by atoms with van der Waals surface area (Å²) >= 11 is 4.41. The Balaban J connectivity index is 2.53. The van der Waals surface area contributed by atoms with Gasteiger partial charge < -0.3 is 0 Å². The molecule has 0 amide bonds. The maximum Gasteiger partial charge on any atom is 0.264 e. The van der Waals surface area contributed by atoms with Gasteiger partial charge in [0.25, 0.3) is 10.0 Å². The lowest BCUT2D eigenvalue weighted by molar-refractivity contribution is 0.229. The number of hydrogen-bond donors (Lipinski definition) is 0. The van der Waals surface area contributed by atoms with Crippen LogP contribution < -0.4 is 0 Å². The van der Waals surface area contributed by atoms with E-state index in [9.17, 15) is 8.42 Å². The summed E-state index contributed by atoms with van der Waals surface area (Å²) in [5.74, 6) is 0. The van der Waals surface area contributed by atoms with Crippen LogP contribution in [0.2, 0.25) is 0 Å². The summed E-state index contributed by atoms with van der Waals surface area (Å²) in [4.78, 5) is 0.364. The number of rotatable bonds is 2. The van der Waals surface area contributed by atoms with Crippen LogP contribution in [0.5, 0.6) is 0 Å². The average Bonchev–Trinajstić information content (AvgIpc) is 2.67. The normalized spacial score (nSPS) is 20.3. The van der Waals surface area contributed by atoms with Gasteiger partial charge in [0.05, 0.1) is 14.6 Å². The Kier molecular flexibility index (Phi) is 5.00. The molecule has 1 heterocycles. The molecule has 116 valence electrons. The number of hydrogen-bond acceptors (Lipinski definition) is 2. The van der Waals surface area contributed by atoms with Gasteiger partial charge in [-0.3, -0.25) is 4.31 Å². The third kappa shape index (κ3) is 3.41. The average molecular weight is 531 g/mol. The van der Waals surface area contributed by atoms with Gasteiger partial charge >= 0.3 is 0 Å². The molecule has 2 rings (SSSR count). The minimum Gasteiger partial charge on any atom is -0.256 e. The highest BCUT2D eigenvalue weighted by Crippen LogP contribution is 2.46. The smallest absolute Gasteiger partial charge is 0.256 e. The molecular weight excluding hydrogens is 512 g/mol. The first kappa shape index (κ1) is 17.5. The van der Waals surface area contributed by atoms with Crippen LogP contribution in [0.25, 0.3) is 0 Å². The summed E-state index contributed by atoms with van der Waals surface area (Å²) < 4.78 is 29.6. The van der Waals surface area contributed by atoms with Gasteiger partial charge in [-0.05, 0) is 69.7 Å². The molecule has 1 aromatic carbocycles. The van der Waals surface area contributed by atoms with Crippen LogP contribution in [0.1, 0.15) is 32.8 Å². The molecule has 1 unspecified atom stereocenters. The zero-order valence-electron chi connectivity index (χ0n) is 12.5. The third-order valence-electron chi connectivity index (χ3n) is 3.65. The fourth-order valence-corrected chi connectivity index (χ4v) is 6.28. The molecule has 1 atom stereocenters. The highest BCUT2D eigenvalue weighted by molar-refractivity contribution is 14.1. The van der Waals surface area contributed by atoms with Crippen molar-refractivity contribution in [3.8, 4) is 0 Å². The van der Waals surface area contributed by atoms with Gasteiger partial charge in [0.1, 0.15) is 0 Å². The Morgan fingerprint density at radius 2 is 1.67 bits per heavy atom. The van der Waals surface area contributed by atoms with Gasteiger partial charge in [-0.2, -0.15) is 0 Å². The van der Waals surface area contributed by atoms with E-state index in [1.165, 1.54) is 0 Å². The fraction of sp³-hybridized carbons (Fsp3) is 0.467. The van der Waals surface area contributed by atoms with E-state index in [0.717, 1.165) is 19.3 Å². The molecule has 0 saturated heterocycles. The quantitative estimate of drug-likeness (QED) is 0.405. The maximum atomic E-state index is 13.0. The number of halogens is 2. The lowest BCUT2D eigenvalue weighted by Crippen LogP contribution is -2.42. The predicted octanol–water partition coefficient (Wildman–Crippen LogP) is 4.84. The lowest BCUT2D eigenvalue weighted by Gasteiger charge is -2.36. The Hall–Kier alpha value is 0.170. The van der Waals surface area contributed by atoms with Crippen molar-refractivity contribution < 1.29 is 8.42 Å². The van der Waals surface area contributed by atoms with Crippen LogP contribution in [0.4, 0.5) is 0 Å². The van der Waals surface area contributed by atoms with Gasteiger partial charge in [-0.25, -0.2) is 8.42 Å². The van der Waals surface area contributed by atoms with E-state index in [4.69, 9.17) is 0 Å². The SMILES string of the molecule is Cc1ccc(S(=O)(=O)N2C(I)=C(I)CC2C(C)(C)C)cc1. The molecule has 3 nitrogen and oxygen atoms in total. The van der Waals surface area contributed by atoms with Crippen molar-refractivity contribution in [3.05, 3.63) is 37.1 Å². The summed E-state index contributed by atoms with van der Waals surface area (Å²) in [6.07, 6.45) is 0.785.